The number of halogens is 1. The second-order valence-electron chi connectivity index (χ2n) is 6.60. The van der Waals surface area contributed by atoms with Gasteiger partial charge in [-0.3, -0.25) is 14.5 Å². The quantitative estimate of drug-likeness (QED) is 0.347. The minimum absolute atomic E-state index is 0.0639. The lowest BCUT2D eigenvalue weighted by Crippen LogP contribution is -2.29. The number of benzene rings is 2. The van der Waals surface area contributed by atoms with Crippen molar-refractivity contribution in [1.29, 1.82) is 0 Å². The summed E-state index contributed by atoms with van der Waals surface area (Å²) in [5, 5.41) is 13.6. The molecule has 2 aromatic carbocycles. The van der Waals surface area contributed by atoms with Gasteiger partial charge in [0.1, 0.15) is 23.3 Å². The van der Waals surface area contributed by atoms with Gasteiger partial charge in [0.25, 0.3) is 5.78 Å². The Morgan fingerprint density at radius 1 is 1.13 bits per heavy atom. The van der Waals surface area contributed by atoms with Crippen LogP contribution in [0.1, 0.15) is 17.2 Å². The molecular weight excluding hydrogens is 440 g/mol. The summed E-state index contributed by atoms with van der Waals surface area (Å²) >= 11 is 7.16. The summed E-state index contributed by atoms with van der Waals surface area (Å²) < 4.78 is 10.8. The maximum atomic E-state index is 13.1. The van der Waals surface area contributed by atoms with E-state index in [9.17, 15) is 14.7 Å². The molecule has 1 saturated heterocycles. The second-order valence-corrected chi connectivity index (χ2v) is 7.91. The van der Waals surface area contributed by atoms with Crippen molar-refractivity contribution in [3.05, 3.63) is 75.8 Å². The molecule has 0 saturated carbocycles. The topological polar surface area (TPSA) is 89.0 Å². The van der Waals surface area contributed by atoms with Gasteiger partial charge in [0.05, 0.1) is 19.8 Å². The van der Waals surface area contributed by atoms with Crippen molar-refractivity contribution in [2.24, 2.45) is 0 Å². The fraction of sp³-hybridized carbons (Fsp3) is 0.136. The van der Waals surface area contributed by atoms with Crippen LogP contribution in [0, 0.1) is 0 Å². The lowest BCUT2D eigenvalue weighted by molar-refractivity contribution is -0.132. The van der Waals surface area contributed by atoms with Crippen LogP contribution in [-0.2, 0) is 9.59 Å². The molecule has 0 bridgehead atoms. The first-order chi connectivity index (χ1) is 15.0. The number of anilines is 1. The van der Waals surface area contributed by atoms with Gasteiger partial charge in [-0.2, -0.15) is 0 Å². The molecule has 1 N–H and O–H groups in total. The van der Waals surface area contributed by atoms with Crippen molar-refractivity contribution >= 4 is 45.5 Å². The number of aliphatic hydroxyl groups is 1. The Morgan fingerprint density at radius 3 is 2.48 bits per heavy atom. The SMILES string of the molecule is COc1ccc(C2/C(=C(\O)c3ccc(Cl)cc3)C(=O)C(=O)N2c2nccs2)c(OC)c1. The molecule has 2 heterocycles. The van der Waals surface area contributed by atoms with Crippen LogP contribution < -0.4 is 14.4 Å². The monoisotopic (exact) mass is 456 g/mol. The van der Waals surface area contributed by atoms with E-state index < -0.39 is 17.7 Å². The molecule has 1 unspecified atom stereocenters. The number of methoxy groups -OCH3 is 2. The molecule has 0 aliphatic carbocycles. The fourth-order valence-electron chi connectivity index (χ4n) is 3.47. The third-order valence-corrected chi connectivity index (χ3v) is 5.95. The molecule has 158 valence electrons. The number of hydrogen-bond donors (Lipinski definition) is 1. The van der Waals surface area contributed by atoms with Gasteiger partial charge in [0, 0.05) is 33.8 Å². The third-order valence-electron chi connectivity index (χ3n) is 4.92. The van der Waals surface area contributed by atoms with Crippen molar-refractivity contribution in [1.82, 2.24) is 4.98 Å². The fourth-order valence-corrected chi connectivity index (χ4v) is 4.26. The number of ketones is 1. The minimum Gasteiger partial charge on any atom is -0.507 e. The molecular formula is C22H17ClN2O5S. The molecule has 31 heavy (non-hydrogen) atoms. The van der Waals surface area contributed by atoms with Crippen molar-refractivity contribution < 1.29 is 24.2 Å². The summed E-state index contributed by atoms with van der Waals surface area (Å²) in [7, 11) is 3.00. The summed E-state index contributed by atoms with van der Waals surface area (Å²) in [4.78, 5) is 31.6. The number of carbonyl (C=O) groups excluding carboxylic acids is 2. The summed E-state index contributed by atoms with van der Waals surface area (Å²) in [5.74, 6) is -0.963. The van der Waals surface area contributed by atoms with Gasteiger partial charge in [-0.25, -0.2) is 4.98 Å². The van der Waals surface area contributed by atoms with E-state index in [1.54, 1.807) is 54.0 Å². The molecule has 1 fully saturated rings. The van der Waals surface area contributed by atoms with Gasteiger partial charge >= 0.3 is 5.91 Å². The first-order valence-corrected chi connectivity index (χ1v) is 10.4. The summed E-state index contributed by atoms with van der Waals surface area (Å²) in [6, 6.07) is 10.5. The maximum Gasteiger partial charge on any atom is 0.301 e. The van der Waals surface area contributed by atoms with Crippen molar-refractivity contribution in [3.8, 4) is 11.5 Å². The molecule has 1 aliphatic heterocycles. The summed E-state index contributed by atoms with van der Waals surface area (Å²) in [5.41, 5.74) is 0.804. The lowest BCUT2D eigenvalue weighted by atomic mass is 9.94. The van der Waals surface area contributed by atoms with Crippen molar-refractivity contribution in [2.45, 2.75) is 6.04 Å². The zero-order chi connectivity index (χ0) is 22.1. The first kappa shape index (κ1) is 20.9. The maximum absolute atomic E-state index is 13.1. The van der Waals surface area contributed by atoms with E-state index in [-0.39, 0.29) is 11.3 Å². The number of nitrogens with zero attached hydrogens (tertiary/aromatic N) is 2. The predicted octanol–water partition coefficient (Wildman–Crippen LogP) is 4.44. The minimum atomic E-state index is -0.942. The van der Waals surface area contributed by atoms with Crippen LogP contribution in [0.5, 0.6) is 11.5 Å². The molecule has 4 rings (SSSR count). The summed E-state index contributed by atoms with van der Waals surface area (Å²) in [6.07, 6.45) is 1.54. The normalized spacial score (nSPS) is 17.8. The second kappa shape index (κ2) is 8.41. The van der Waals surface area contributed by atoms with Gasteiger partial charge in [-0.05, 0) is 36.4 Å². The molecule has 7 nitrogen and oxygen atoms in total. The van der Waals surface area contributed by atoms with Gasteiger partial charge in [0.15, 0.2) is 5.13 Å². The summed E-state index contributed by atoms with van der Waals surface area (Å²) in [6.45, 7) is 0. The van der Waals surface area contributed by atoms with E-state index >= 15 is 0 Å². The third kappa shape index (κ3) is 3.64. The molecule has 0 radical (unpaired) electrons. The van der Waals surface area contributed by atoms with Crippen LogP contribution in [0.3, 0.4) is 0 Å². The Labute approximate surface area is 187 Å². The van der Waals surface area contributed by atoms with Gasteiger partial charge in [-0.15, -0.1) is 11.3 Å². The zero-order valence-electron chi connectivity index (χ0n) is 16.5. The molecule has 1 amide bonds. The number of amides is 1. The highest BCUT2D eigenvalue weighted by Crippen LogP contribution is 2.46. The van der Waals surface area contributed by atoms with Crippen LogP contribution in [0.25, 0.3) is 5.76 Å². The van der Waals surface area contributed by atoms with Gasteiger partial charge in [-0.1, -0.05) is 11.6 Å². The van der Waals surface area contributed by atoms with E-state index in [2.05, 4.69) is 4.98 Å². The van der Waals surface area contributed by atoms with Crippen LogP contribution >= 0.6 is 22.9 Å². The van der Waals surface area contributed by atoms with E-state index in [0.29, 0.717) is 32.8 Å². The zero-order valence-corrected chi connectivity index (χ0v) is 18.1. The molecule has 3 aromatic rings. The molecule has 1 aliphatic rings. The van der Waals surface area contributed by atoms with Gasteiger partial charge < -0.3 is 14.6 Å². The smallest absolute Gasteiger partial charge is 0.301 e. The van der Waals surface area contributed by atoms with E-state index in [0.717, 1.165) is 0 Å². The lowest BCUT2D eigenvalue weighted by Gasteiger charge is -2.24. The first-order valence-electron chi connectivity index (χ1n) is 9.14. The molecule has 0 spiro atoms. The van der Waals surface area contributed by atoms with Crippen molar-refractivity contribution in [2.75, 3.05) is 19.1 Å². The Bertz CT molecular complexity index is 1180. The Hall–Kier alpha value is -3.36. The Kier molecular flexibility index (Phi) is 5.67. The number of hydrogen-bond acceptors (Lipinski definition) is 7. The van der Waals surface area contributed by atoms with Crippen LogP contribution in [-0.4, -0.2) is 36.0 Å². The average Bonchev–Trinajstić information content (AvgIpc) is 3.40. The highest BCUT2D eigenvalue weighted by molar-refractivity contribution is 7.14. The number of carbonyl (C=O) groups is 2. The Morgan fingerprint density at radius 2 is 1.87 bits per heavy atom. The van der Waals surface area contributed by atoms with E-state index in [1.165, 1.54) is 30.5 Å². The number of Topliss-reactive ketones (excluding diaryl/α,β-unsaturated/α-hetero) is 1. The van der Waals surface area contributed by atoms with Crippen LogP contribution in [0.2, 0.25) is 5.02 Å². The van der Waals surface area contributed by atoms with Crippen LogP contribution in [0.4, 0.5) is 5.13 Å². The van der Waals surface area contributed by atoms with Crippen LogP contribution in [0.15, 0.2) is 59.6 Å². The molecule has 9 heteroatoms. The highest BCUT2D eigenvalue weighted by Gasteiger charge is 2.49. The highest BCUT2D eigenvalue weighted by atomic mass is 35.5. The standard InChI is InChI=1S/C22H17ClN2O5S/c1-29-14-7-8-15(16(11-14)30-2)18-17(19(26)12-3-5-13(23)6-4-12)20(27)21(28)25(18)22-24-9-10-31-22/h3-11,18,26H,1-2H3/b19-17+. The van der Waals surface area contributed by atoms with Crippen molar-refractivity contribution in [3.63, 3.8) is 0 Å². The largest absolute Gasteiger partial charge is 0.507 e. The van der Waals surface area contributed by atoms with E-state index in [4.69, 9.17) is 21.1 Å². The average molecular weight is 457 g/mol. The molecule has 1 aromatic heterocycles. The Balaban J connectivity index is 1.97. The number of aromatic nitrogens is 1. The van der Waals surface area contributed by atoms with E-state index in [1.807, 2.05) is 0 Å². The predicted molar refractivity (Wildman–Crippen MR) is 118 cm³/mol. The number of ether oxygens (including phenoxy) is 2. The number of rotatable bonds is 5. The van der Waals surface area contributed by atoms with Gasteiger partial charge in [0.2, 0.25) is 0 Å². The number of aliphatic hydroxyl groups excluding tert-OH is 1. The molecule has 1 atom stereocenters. The number of thiazole rings is 1.